The molecule has 0 N–H and O–H groups in total. The number of nitro benzene ring substituents is 1. The molecule has 0 amide bonds. The molecule has 1 heterocycles. The van der Waals surface area contributed by atoms with Crippen LogP contribution >= 0.6 is 0 Å². The number of hydrogen-bond acceptors (Lipinski definition) is 3. The molecule has 0 aliphatic heterocycles. The molecule has 0 aliphatic carbocycles. The quantitative estimate of drug-likeness (QED) is 0.551. The van der Waals surface area contributed by atoms with Crippen LogP contribution in [0.25, 0.3) is 16.9 Å². The second kappa shape index (κ2) is 5.33. The van der Waals surface area contributed by atoms with Crippen molar-refractivity contribution in [2.24, 2.45) is 7.05 Å². The normalized spacial score (nSPS) is 10.6. The third kappa shape index (κ3) is 2.31. The van der Waals surface area contributed by atoms with Gasteiger partial charge in [0.2, 0.25) is 0 Å². The molecule has 0 spiro atoms. The number of nitrogens with zero attached hydrogens (tertiary/aromatic N) is 3. The molecule has 2 aromatic carbocycles. The molecule has 0 atom stereocenters. The summed E-state index contributed by atoms with van der Waals surface area (Å²) in [5.41, 5.74) is 2.11. The molecule has 110 valence electrons. The van der Waals surface area contributed by atoms with Crippen molar-refractivity contribution in [3.63, 3.8) is 0 Å². The Bertz CT molecular complexity index is 877. The second-order valence-corrected chi connectivity index (χ2v) is 4.84. The molecule has 22 heavy (non-hydrogen) atoms. The zero-order valence-corrected chi connectivity index (χ0v) is 11.8. The maximum atomic E-state index is 12.3. The van der Waals surface area contributed by atoms with Crippen molar-refractivity contribution < 1.29 is 4.92 Å². The van der Waals surface area contributed by atoms with Crippen LogP contribution in [-0.2, 0) is 7.05 Å². The summed E-state index contributed by atoms with van der Waals surface area (Å²) in [5, 5.41) is 10.7. The Hall–Kier alpha value is -3.15. The van der Waals surface area contributed by atoms with Gasteiger partial charge in [-0.05, 0) is 17.7 Å². The molecule has 0 fully saturated rings. The standard InChI is InChI=1S/C16H13N3O3/c1-17-15(12-5-3-2-4-6-12)11-16(20)18(17)13-7-9-14(10-8-13)19(21)22/h2-11H,1H3. The zero-order chi connectivity index (χ0) is 15.7. The number of rotatable bonds is 3. The molecule has 0 saturated carbocycles. The number of aromatic nitrogens is 2. The third-order valence-corrected chi connectivity index (χ3v) is 3.49. The number of hydrogen-bond donors (Lipinski definition) is 0. The Morgan fingerprint density at radius 2 is 1.64 bits per heavy atom. The molecule has 0 aliphatic rings. The van der Waals surface area contributed by atoms with Gasteiger partial charge in [0.05, 0.1) is 16.3 Å². The summed E-state index contributed by atoms with van der Waals surface area (Å²) in [5.74, 6) is 0. The van der Waals surface area contributed by atoms with E-state index in [9.17, 15) is 14.9 Å². The molecule has 6 nitrogen and oxygen atoms in total. The van der Waals surface area contributed by atoms with E-state index < -0.39 is 4.92 Å². The highest BCUT2D eigenvalue weighted by Crippen LogP contribution is 2.19. The van der Waals surface area contributed by atoms with Crippen LogP contribution < -0.4 is 5.56 Å². The van der Waals surface area contributed by atoms with Crippen LogP contribution in [0.1, 0.15) is 0 Å². The first kappa shape index (κ1) is 13.8. The highest BCUT2D eigenvalue weighted by Gasteiger charge is 2.12. The van der Waals surface area contributed by atoms with Crippen LogP contribution in [0.15, 0.2) is 65.5 Å². The predicted octanol–water partition coefficient (Wildman–Crippen LogP) is 2.75. The van der Waals surface area contributed by atoms with Crippen molar-refractivity contribution in [3.05, 3.63) is 81.1 Å². The van der Waals surface area contributed by atoms with Gasteiger partial charge in [0, 0.05) is 25.2 Å². The molecule has 3 aromatic rings. The van der Waals surface area contributed by atoms with Gasteiger partial charge < -0.3 is 0 Å². The Morgan fingerprint density at radius 3 is 2.23 bits per heavy atom. The summed E-state index contributed by atoms with van der Waals surface area (Å²) < 4.78 is 3.21. The van der Waals surface area contributed by atoms with Crippen LogP contribution in [-0.4, -0.2) is 14.3 Å². The molecule has 3 rings (SSSR count). The molecule has 0 radical (unpaired) electrons. The van der Waals surface area contributed by atoms with Crippen molar-refractivity contribution in [1.82, 2.24) is 9.36 Å². The fraction of sp³-hybridized carbons (Fsp3) is 0.0625. The average molecular weight is 295 g/mol. The van der Waals surface area contributed by atoms with Gasteiger partial charge in [-0.3, -0.25) is 19.6 Å². The first-order valence-electron chi connectivity index (χ1n) is 6.67. The maximum Gasteiger partial charge on any atom is 0.271 e. The molecule has 1 aromatic heterocycles. The van der Waals surface area contributed by atoms with Crippen LogP contribution in [0.5, 0.6) is 0 Å². The zero-order valence-electron chi connectivity index (χ0n) is 11.8. The minimum absolute atomic E-state index is 0.00529. The summed E-state index contributed by atoms with van der Waals surface area (Å²) in [4.78, 5) is 22.5. The predicted molar refractivity (Wildman–Crippen MR) is 83.1 cm³/mol. The molecular weight excluding hydrogens is 282 g/mol. The van der Waals surface area contributed by atoms with E-state index in [1.54, 1.807) is 29.9 Å². The summed E-state index contributed by atoms with van der Waals surface area (Å²) >= 11 is 0. The molecule has 0 bridgehead atoms. The van der Waals surface area contributed by atoms with E-state index in [-0.39, 0.29) is 11.2 Å². The monoisotopic (exact) mass is 295 g/mol. The minimum atomic E-state index is -0.465. The summed E-state index contributed by atoms with van der Waals surface area (Å²) in [7, 11) is 1.78. The largest absolute Gasteiger partial charge is 0.280 e. The van der Waals surface area contributed by atoms with Crippen molar-refractivity contribution in [2.75, 3.05) is 0 Å². The summed E-state index contributed by atoms with van der Waals surface area (Å²) in [6.07, 6.45) is 0. The Morgan fingerprint density at radius 1 is 1.00 bits per heavy atom. The van der Waals surface area contributed by atoms with Crippen molar-refractivity contribution >= 4 is 5.69 Å². The maximum absolute atomic E-state index is 12.3. The SMILES string of the molecule is Cn1c(-c2ccccc2)cc(=O)n1-c1ccc([N+](=O)[O-])cc1. The fourth-order valence-corrected chi connectivity index (χ4v) is 2.42. The summed E-state index contributed by atoms with van der Waals surface area (Å²) in [6.45, 7) is 0. The van der Waals surface area contributed by atoms with Crippen molar-refractivity contribution in [1.29, 1.82) is 0 Å². The van der Waals surface area contributed by atoms with E-state index in [2.05, 4.69) is 0 Å². The molecule has 0 unspecified atom stereocenters. The van der Waals surface area contributed by atoms with E-state index in [1.165, 1.54) is 16.8 Å². The highest BCUT2D eigenvalue weighted by atomic mass is 16.6. The second-order valence-electron chi connectivity index (χ2n) is 4.84. The van der Waals surface area contributed by atoms with Gasteiger partial charge >= 0.3 is 0 Å². The Kier molecular flexibility index (Phi) is 3.34. The van der Waals surface area contributed by atoms with E-state index >= 15 is 0 Å². The van der Waals surface area contributed by atoms with Gasteiger partial charge in [0.1, 0.15) is 0 Å². The molecular formula is C16H13N3O3. The number of non-ortho nitro benzene ring substituents is 1. The Balaban J connectivity index is 2.11. The lowest BCUT2D eigenvalue weighted by Crippen LogP contribution is -2.19. The van der Waals surface area contributed by atoms with Crippen molar-refractivity contribution in [2.45, 2.75) is 0 Å². The van der Waals surface area contributed by atoms with Crippen LogP contribution in [0.3, 0.4) is 0 Å². The van der Waals surface area contributed by atoms with E-state index in [1.807, 2.05) is 30.3 Å². The first-order valence-corrected chi connectivity index (χ1v) is 6.67. The lowest BCUT2D eigenvalue weighted by atomic mass is 10.1. The minimum Gasteiger partial charge on any atom is -0.280 e. The lowest BCUT2D eigenvalue weighted by molar-refractivity contribution is -0.384. The van der Waals surface area contributed by atoms with Crippen LogP contribution in [0.4, 0.5) is 5.69 Å². The van der Waals surface area contributed by atoms with Crippen molar-refractivity contribution in [3.8, 4) is 16.9 Å². The molecule has 6 heteroatoms. The average Bonchev–Trinajstić information content (AvgIpc) is 2.83. The van der Waals surface area contributed by atoms with Gasteiger partial charge in [-0.25, -0.2) is 4.68 Å². The molecule has 0 saturated heterocycles. The fourth-order valence-electron chi connectivity index (χ4n) is 2.42. The number of benzene rings is 2. The van der Waals surface area contributed by atoms with E-state index in [4.69, 9.17) is 0 Å². The number of nitro groups is 1. The van der Waals surface area contributed by atoms with Gasteiger partial charge in [0.25, 0.3) is 11.2 Å². The lowest BCUT2D eigenvalue weighted by Gasteiger charge is -2.10. The van der Waals surface area contributed by atoms with E-state index in [0.717, 1.165) is 11.3 Å². The smallest absolute Gasteiger partial charge is 0.271 e. The summed E-state index contributed by atoms with van der Waals surface area (Å²) in [6, 6.07) is 17.0. The van der Waals surface area contributed by atoms with Gasteiger partial charge in [-0.15, -0.1) is 0 Å². The van der Waals surface area contributed by atoms with Crippen LogP contribution in [0, 0.1) is 10.1 Å². The van der Waals surface area contributed by atoms with Gasteiger partial charge in [0.15, 0.2) is 0 Å². The third-order valence-electron chi connectivity index (χ3n) is 3.49. The van der Waals surface area contributed by atoms with Crippen LogP contribution in [0.2, 0.25) is 0 Å². The topological polar surface area (TPSA) is 70.1 Å². The van der Waals surface area contributed by atoms with E-state index in [0.29, 0.717) is 5.69 Å². The highest BCUT2D eigenvalue weighted by molar-refractivity contribution is 5.59. The first-order chi connectivity index (χ1) is 10.6. The van der Waals surface area contributed by atoms with Gasteiger partial charge in [-0.2, -0.15) is 0 Å². The van der Waals surface area contributed by atoms with Gasteiger partial charge in [-0.1, -0.05) is 30.3 Å². The Labute approximate surface area is 126 Å².